The Morgan fingerprint density at radius 1 is 0.857 bits per heavy atom. The first kappa shape index (κ1) is 22.0. The van der Waals surface area contributed by atoms with Crippen LogP contribution in [-0.4, -0.2) is 40.6 Å². The molecule has 5 aromatic rings. The number of hydrogen-bond acceptors (Lipinski definition) is 8. The lowest BCUT2D eigenvalue weighted by Crippen LogP contribution is -1.97. The van der Waals surface area contributed by atoms with Crippen molar-refractivity contribution in [2.45, 2.75) is 20.8 Å². The second-order valence-corrected chi connectivity index (χ2v) is 8.14. The van der Waals surface area contributed by atoms with E-state index in [2.05, 4.69) is 36.0 Å². The van der Waals surface area contributed by atoms with Crippen molar-refractivity contribution in [1.82, 2.24) is 30.4 Å². The van der Waals surface area contributed by atoms with Gasteiger partial charge in [-0.3, -0.25) is 0 Å². The third kappa shape index (κ3) is 4.12. The summed E-state index contributed by atoms with van der Waals surface area (Å²) < 4.78 is 1.43. The van der Waals surface area contributed by atoms with Crippen molar-refractivity contribution in [3.63, 3.8) is 0 Å². The zero-order valence-corrected chi connectivity index (χ0v) is 19.3. The van der Waals surface area contributed by atoms with Gasteiger partial charge >= 0.3 is 0 Å². The lowest BCUT2D eigenvalue weighted by molar-refractivity contribution is 0.434. The van der Waals surface area contributed by atoms with Crippen molar-refractivity contribution in [2.24, 2.45) is 10.2 Å². The number of tetrazole rings is 1. The summed E-state index contributed by atoms with van der Waals surface area (Å²) in [7, 11) is 0. The van der Waals surface area contributed by atoms with Crippen LogP contribution in [0.4, 0.5) is 11.4 Å². The fourth-order valence-electron chi connectivity index (χ4n) is 3.73. The van der Waals surface area contributed by atoms with Crippen molar-refractivity contribution in [2.75, 3.05) is 0 Å². The molecule has 10 heteroatoms. The Morgan fingerprint density at radius 3 is 2.43 bits per heavy atom. The number of azo groups is 1. The summed E-state index contributed by atoms with van der Waals surface area (Å²) in [4.78, 5) is 0. The summed E-state index contributed by atoms with van der Waals surface area (Å²) in [6.45, 7) is 5.77. The molecule has 3 aromatic carbocycles. The highest BCUT2D eigenvalue weighted by molar-refractivity contribution is 5.78. The van der Waals surface area contributed by atoms with Crippen molar-refractivity contribution < 1.29 is 10.2 Å². The average Bonchev–Trinajstić information content (AvgIpc) is 3.49. The van der Waals surface area contributed by atoms with Crippen LogP contribution in [0.5, 0.6) is 11.6 Å². The molecule has 174 valence electrons. The Balaban J connectivity index is 1.48. The van der Waals surface area contributed by atoms with Gasteiger partial charge in [-0.05, 0) is 72.2 Å². The molecule has 0 atom stereocenters. The van der Waals surface area contributed by atoms with E-state index in [4.69, 9.17) is 0 Å². The predicted molar refractivity (Wildman–Crippen MR) is 130 cm³/mol. The number of phenols is 1. The van der Waals surface area contributed by atoms with Crippen LogP contribution in [0.1, 0.15) is 16.8 Å². The molecule has 0 aliphatic heterocycles. The summed E-state index contributed by atoms with van der Waals surface area (Å²) in [5, 5.41) is 48.4. The number of benzene rings is 3. The molecule has 35 heavy (non-hydrogen) atoms. The van der Waals surface area contributed by atoms with Gasteiger partial charge in [-0.15, -0.1) is 15.3 Å². The van der Waals surface area contributed by atoms with Gasteiger partial charge in [0.15, 0.2) is 17.3 Å². The van der Waals surface area contributed by atoms with E-state index in [9.17, 15) is 10.2 Å². The molecule has 0 saturated heterocycles. The van der Waals surface area contributed by atoms with Crippen LogP contribution in [0, 0.1) is 20.8 Å². The molecule has 0 aliphatic rings. The molecule has 0 radical (unpaired) electrons. The van der Waals surface area contributed by atoms with Crippen LogP contribution in [0.2, 0.25) is 0 Å². The van der Waals surface area contributed by atoms with Crippen molar-refractivity contribution in [3.05, 3.63) is 77.5 Å². The van der Waals surface area contributed by atoms with E-state index in [1.54, 1.807) is 25.1 Å². The number of aromatic amines is 1. The van der Waals surface area contributed by atoms with Crippen LogP contribution >= 0.6 is 0 Å². The number of nitrogens with zero attached hydrogens (tertiary/aromatic N) is 7. The van der Waals surface area contributed by atoms with E-state index in [1.807, 2.05) is 56.3 Å². The smallest absolute Gasteiger partial charge is 0.243 e. The van der Waals surface area contributed by atoms with Crippen LogP contribution in [0.15, 0.2) is 70.9 Å². The van der Waals surface area contributed by atoms with Gasteiger partial charge in [0, 0.05) is 11.1 Å². The SMILES string of the molecule is Cc1ccc(-n2nc(C)c(/N=N/c3cccc(-c4cccc(-c5nnn[nH]5)c4)c3O)c2O)cc1C. The van der Waals surface area contributed by atoms with Gasteiger partial charge in [-0.1, -0.05) is 36.4 Å². The molecular weight excluding hydrogens is 444 g/mol. The van der Waals surface area contributed by atoms with Crippen molar-refractivity contribution in [1.29, 1.82) is 0 Å². The van der Waals surface area contributed by atoms with E-state index >= 15 is 0 Å². The minimum atomic E-state index is -0.126. The number of nitrogens with one attached hydrogen (secondary N) is 1. The van der Waals surface area contributed by atoms with Gasteiger partial charge in [0.1, 0.15) is 5.69 Å². The van der Waals surface area contributed by atoms with E-state index in [0.717, 1.165) is 27.9 Å². The summed E-state index contributed by atoms with van der Waals surface area (Å²) in [5.41, 5.74) is 6.06. The topological polar surface area (TPSA) is 137 Å². The molecule has 0 saturated carbocycles. The molecule has 0 spiro atoms. The number of para-hydroxylation sites is 1. The van der Waals surface area contributed by atoms with Crippen LogP contribution in [-0.2, 0) is 0 Å². The monoisotopic (exact) mass is 466 g/mol. The number of aromatic nitrogens is 6. The van der Waals surface area contributed by atoms with Gasteiger partial charge in [-0.25, -0.2) is 5.10 Å². The molecule has 0 amide bonds. The molecule has 0 bridgehead atoms. The largest absolute Gasteiger partial charge is 0.505 e. The summed E-state index contributed by atoms with van der Waals surface area (Å²) >= 11 is 0. The second kappa shape index (κ2) is 8.82. The third-order valence-electron chi connectivity index (χ3n) is 5.81. The maximum atomic E-state index is 10.9. The lowest BCUT2D eigenvalue weighted by Gasteiger charge is -2.08. The van der Waals surface area contributed by atoms with Gasteiger partial charge in [0.2, 0.25) is 5.88 Å². The Hall–Kier alpha value is -4.86. The minimum absolute atomic E-state index is 0.0391. The number of phenolic OH excluding ortho intramolecular Hbond substituents is 1. The van der Waals surface area contributed by atoms with E-state index in [0.29, 0.717) is 17.1 Å². The Labute approximate surface area is 200 Å². The highest BCUT2D eigenvalue weighted by Crippen LogP contribution is 2.40. The first-order valence-electron chi connectivity index (χ1n) is 10.9. The molecule has 2 aromatic heterocycles. The molecule has 5 rings (SSSR count). The first-order chi connectivity index (χ1) is 16.9. The quantitative estimate of drug-likeness (QED) is 0.294. The van der Waals surface area contributed by atoms with Crippen molar-refractivity contribution in [3.8, 4) is 39.8 Å². The van der Waals surface area contributed by atoms with Crippen molar-refractivity contribution >= 4 is 11.4 Å². The van der Waals surface area contributed by atoms with Crippen LogP contribution in [0.3, 0.4) is 0 Å². The number of aromatic hydroxyl groups is 2. The Morgan fingerprint density at radius 2 is 1.66 bits per heavy atom. The van der Waals surface area contributed by atoms with E-state index < -0.39 is 0 Å². The Kier molecular flexibility index (Phi) is 5.54. The molecule has 0 unspecified atom stereocenters. The number of hydrogen-bond donors (Lipinski definition) is 3. The highest BCUT2D eigenvalue weighted by atomic mass is 16.3. The first-order valence-corrected chi connectivity index (χ1v) is 10.9. The average molecular weight is 467 g/mol. The lowest BCUT2D eigenvalue weighted by atomic mass is 10.0. The molecule has 0 fully saturated rings. The highest BCUT2D eigenvalue weighted by Gasteiger charge is 2.17. The molecule has 3 N–H and O–H groups in total. The third-order valence-corrected chi connectivity index (χ3v) is 5.81. The van der Waals surface area contributed by atoms with E-state index in [-0.39, 0.29) is 23.0 Å². The molecular formula is C25H22N8O2. The zero-order valence-electron chi connectivity index (χ0n) is 19.3. The number of rotatable bonds is 5. The second-order valence-electron chi connectivity index (χ2n) is 8.14. The molecule has 0 aliphatic carbocycles. The summed E-state index contributed by atoms with van der Waals surface area (Å²) in [5.74, 6) is 0.357. The van der Waals surface area contributed by atoms with Gasteiger partial charge in [0.25, 0.3) is 0 Å². The zero-order chi connectivity index (χ0) is 24.5. The maximum absolute atomic E-state index is 10.9. The fourth-order valence-corrected chi connectivity index (χ4v) is 3.73. The van der Waals surface area contributed by atoms with E-state index in [1.165, 1.54) is 4.68 Å². The van der Waals surface area contributed by atoms with Crippen LogP contribution < -0.4 is 0 Å². The maximum Gasteiger partial charge on any atom is 0.243 e. The predicted octanol–water partition coefficient (Wildman–Crippen LogP) is 5.47. The number of H-pyrrole nitrogens is 1. The van der Waals surface area contributed by atoms with Gasteiger partial charge in [-0.2, -0.15) is 9.78 Å². The van der Waals surface area contributed by atoms with Crippen LogP contribution in [0.25, 0.3) is 28.2 Å². The standard InChI is InChI=1S/C25H22N8O2/c1-14-10-11-19(12-15(14)2)33-25(35)22(16(3)30-33)27-26-21-9-5-8-20(23(21)34)17-6-4-7-18(13-17)24-28-31-32-29-24/h4-13,34-35H,1-3H3,(H,28,29,31,32)/b27-26+. The minimum Gasteiger partial charge on any atom is -0.505 e. The summed E-state index contributed by atoms with van der Waals surface area (Å²) in [6.07, 6.45) is 0. The molecule has 10 nitrogen and oxygen atoms in total. The van der Waals surface area contributed by atoms with Gasteiger partial charge in [0.05, 0.1) is 11.4 Å². The molecule has 2 heterocycles. The fraction of sp³-hybridized carbons (Fsp3) is 0.120. The normalized spacial score (nSPS) is 11.4. The Bertz CT molecular complexity index is 1550. The number of aryl methyl sites for hydroxylation is 3. The van der Waals surface area contributed by atoms with Gasteiger partial charge < -0.3 is 10.2 Å². The summed E-state index contributed by atoms with van der Waals surface area (Å²) in [6, 6.07) is 18.5.